The summed E-state index contributed by atoms with van der Waals surface area (Å²) in [6.45, 7) is 6.73. The van der Waals surface area contributed by atoms with Gasteiger partial charge in [0.2, 0.25) is 5.91 Å². The zero-order valence-corrected chi connectivity index (χ0v) is 22.5. The third-order valence-electron chi connectivity index (χ3n) is 7.62. The van der Waals surface area contributed by atoms with Gasteiger partial charge < -0.3 is 16.0 Å². The minimum absolute atomic E-state index is 0.0875. The highest BCUT2D eigenvalue weighted by atomic mass is 16.2. The maximum absolute atomic E-state index is 12.8. The molecule has 8 heteroatoms. The molecule has 39 heavy (non-hydrogen) atoms. The molecule has 1 saturated heterocycles. The van der Waals surface area contributed by atoms with Gasteiger partial charge >= 0.3 is 0 Å². The van der Waals surface area contributed by atoms with Crippen LogP contribution < -0.4 is 11.1 Å². The molecular formula is C31H34N6O2. The van der Waals surface area contributed by atoms with E-state index in [2.05, 4.69) is 29.6 Å². The van der Waals surface area contributed by atoms with Gasteiger partial charge in [0, 0.05) is 48.1 Å². The molecule has 2 aromatic carbocycles. The number of hydrogen-bond acceptors (Lipinski definition) is 5. The summed E-state index contributed by atoms with van der Waals surface area (Å²) in [6.07, 6.45) is 8.14. The Labute approximate surface area is 228 Å². The van der Waals surface area contributed by atoms with Crippen molar-refractivity contribution in [3.63, 3.8) is 0 Å². The first-order valence-electron chi connectivity index (χ1n) is 13.8. The highest BCUT2D eigenvalue weighted by Gasteiger charge is 2.28. The Morgan fingerprint density at radius 3 is 2.44 bits per heavy atom. The molecule has 2 amide bonds. The fourth-order valence-corrected chi connectivity index (χ4v) is 5.33. The van der Waals surface area contributed by atoms with Crippen molar-refractivity contribution < 1.29 is 9.59 Å². The summed E-state index contributed by atoms with van der Waals surface area (Å²) in [7, 11) is 0. The van der Waals surface area contributed by atoms with E-state index in [1.54, 1.807) is 0 Å². The van der Waals surface area contributed by atoms with Crippen LogP contribution in [-0.2, 0) is 0 Å². The summed E-state index contributed by atoms with van der Waals surface area (Å²) >= 11 is 0. The summed E-state index contributed by atoms with van der Waals surface area (Å²) in [5.41, 5.74) is 12.3. The van der Waals surface area contributed by atoms with Crippen LogP contribution >= 0.6 is 0 Å². The Morgan fingerprint density at radius 1 is 1.05 bits per heavy atom. The fourth-order valence-electron chi connectivity index (χ4n) is 5.33. The molecule has 2 aromatic heterocycles. The third-order valence-corrected chi connectivity index (χ3v) is 7.62. The van der Waals surface area contributed by atoms with Gasteiger partial charge in [0.15, 0.2) is 11.5 Å². The summed E-state index contributed by atoms with van der Waals surface area (Å²) in [5, 5.41) is 3.48. The molecule has 0 atom stereocenters. The molecule has 1 saturated carbocycles. The Hall–Kier alpha value is -4.20. The summed E-state index contributed by atoms with van der Waals surface area (Å²) < 4.78 is 2.06. The number of imidazole rings is 1. The second-order valence-electron chi connectivity index (χ2n) is 11.1. The largest absolute Gasteiger partial charge is 0.367 e. The first-order valence-corrected chi connectivity index (χ1v) is 13.8. The number of nitrogens with zero attached hydrogens (tertiary/aromatic N) is 4. The molecule has 6 rings (SSSR count). The smallest absolute Gasteiger partial charge is 0.253 e. The Kier molecular flexibility index (Phi) is 6.54. The number of nitrogens with one attached hydrogen (secondary N) is 1. The molecule has 1 aliphatic carbocycles. The average Bonchev–Trinajstić information content (AvgIpc) is 3.46. The highest BCUT2D eigenvalue weighted by molar-refractivity contribution is 5.96. The van der Waals surface area contributed by atoms with Gasteiger partial charge in [0.1, 0.15) is 0 Å². The molecule has 0 unspecified atom stereocenters. The number of likely N-dealkylation sites (tertiary alicyclic amines) is 1. The van der Waals surface area contributed by atoms with E-state index in [1.165, 1.54) is 0 Å². The molecule has 0 spiro atoms. The van der Waals surface area contributed by atoms with Crippen molar-refractivity contribution in [2.75, 3.05) is 25.0 Å². The second kappa shape index (κ2) is 10.2. The summed E-state index contributed by atoms with van der Waals surface area (Å²) in [6, 6.07) is 13.6. The van der Waals surface area contributed by atoms with Crippen molar-refractivity contribution in [2.45, 2.75) is 45.4 Å². The normalized spacial score (nSPS) is 15.3. The Balaban J connectivity index is 1.41. The molecule has 3 N–H and O–H groups in total. The zero-order valence-electron chi connectivity index (χ0n) is 22.5. The maximum atomic E-state index is 12.8. The fraction of sp³-hybridized carbons (Fsp3) is 0.355. The van der Waals surface area contributed by atoms with Crippen molar-refractivity contribution in [1.29, 1.82) is 0 Å². The summed E-state index contributed by atoms with van der Waals surface area (Å²) in [4.78, 5) is 36.5. The van der Waals surface area contributed by atoms with E-state index < -0.39 is 0 Å². The van der Waals surface area contributed by atoms with E-state index in [0.717, 1.165) is 79.0 Å². The lowest BCUT2D eigenvalue weighted by Gasteiger charge is -2.16. The molecule has 2 fully saturated rings. The lowest BCUT2D eigenvalue weighted by Crippen LogP contribution is -2.27. The minimum atomic E-state index is -0.389. The van der Waals surface area contributed by atoms with Gasteiger partial charge in [-0.1, -0.05) is 32.0 Å². The van der Waals surface area contributed by atoms with Crippen LogP contribution in [0.4, 0.5) is 5.82 Å². The van der Waals surface area contributed by atoms with Gasteiger partial charge in [-0.25, -0.2) is 9.97 Å². The van der Waals surface area contributed by atoms with Crippen LogP contribution in [0.1, 0.15) is 71.7 Å². The SMILES string of the molecule is CC(C)CNc1nc(-c2ccc(C(=O)N3CCCC3)cc2)cn2c(-c3ccc(C(N)=O)c(C4CC4)c3)cnc12. The van der Waals surface area contributed by atoms with Gasteiger partial charge in [-0.2, -0.15) is 0 Å². The number of fused-ring (bicyclic) bond motifs is 1. The molecule has 3 heterocycles. The average molecular weight is 523 g/mol. The van der Waals surface area contributed by atoms with Crippen molar-refractivity contribution >= 4 is 23.3 Å². The molecule has 200 valence electrons. The van der Waals surface area contributed by atoms with Gasteiger partial charge in [0.05, 0.1) is 17.6 Å². The highest BCUT2D eigenvalue weighted by Crippen LogP contribution is 2.43. The topological polar surface area (TPSA) is 106 Å². The molecule has 4 aromatic rings. The number of hydrogen-bond donors (Lipinski definition) is 2. The van der Waals surface area contributed by atoms with E-state index in [4.69, 9.17) is 15.7 Å². The second-order valence-corrected chi connectivity index (χ2v) is 11.1. The number of carbonyl (C=O) groups excluding carboxylic acids is 2. The number of nitrogens with two attached hydrogens (primary N) is 1. The van der Waals surface area contributed by atoms with Crippen LogP contribution in [0.3, 0.4) is 0 Å². The zero-order chi connectivity index (χ0) is 27.1. The quantitative estimate of drug-likeness (QED) is 0.325. The lowest BCUT2D eigenvalue weighted by atomic mass is 9.98. The minimum Gasteiger partial charge on any atom is -0.367 e. The number of rotatable bonds is 8. The van der Waals surface area contributed by atoms with E-state index in [0.29, 0.717) is 28.8 Å². The Morgan fingerprint density at radius 2 is 1.77 bits per heavy atom. The van der Waals surface area contributed by atoms with Gasteiger partial charge in [-0.3, -0.25) is 14.0 Å². The first-order chi connectivity index (χ1) is 18.9. The van der Waals surface area contributed by atoms with Gasteiger partial charge in [-0.15, -0.1) is 0 Å². The monoisotopic (exact) mass is 522 g/mol. The third kappa shape index (κ3) is 4.99. The van der Waals surface area contributed by atoms with Gasteiger partial charge in [-0.05, 0) is 67.3 Å². The van der Waals surface area contributed by atoms with Crippen LogP contribution in [0.2, 0.25) is 0 Å². The van der Waals surface area contributed by atoms with E-state index in [1.807, 2.05) is 53.7 Å². The van der Waals surface area contributed by atoms with Crippen LogP contribution in [0.25, 0.3) is 28.2 Å². The standard InChI is InChI=1S/C31H34N6O2/c1-19(2)16-33-29-30-34-17-27(23-11-12-24(28(32)38)25(15-23)20-5-6-20)37(30)18-26(35-29)21-7-9-22(10-8-21)31(39)36-13-3-4-14-36/h7-12,15,17-20H,3-6,13-14,16H2,1-2H3,(H2,32,38)(H,33,35). The first kappa shape index (κ1) is 25.1. The molecule has 1 aliphatic heterocycles. The van der Waals surface area contributed by atoms with Crippen LogP contribution in [-0.4, -0.2) is 50.7 Å². The van der Waals surface area contributed by atoms with Crippen LogP contribution in [0.15, 0.2) is 54.9 Å². The molecule has 8 nitrogen and oxygen atoms in total. The van der Waals surface area contributed by atoms with E-state index in [9.17, 15) is 9.59 Å². The number of amides is 2. The predicted octanol–water partition coefficient (Wildman–Crippen LogP) is 5.34. The molecule has 0 bridgehead atoms. The number of carbonyl (C=O) groups is 2. The molecule has 2 aliphatic rings. The maximum Gasteiger partial charge on any atom is 0.253 e. The number of anilines is 1. The van der Waals surface area contributed by atoms with Crippen molar-refractivity contribution in [3.05, 3.63) is 71.5 Å². The number of benzene rings is 2. The summed E-state index contributed by atoms with van der Waals surface area (Å²) in [5.74, 6) is 1.22. The van der Waals surface area contributed by atoms with Crippen LogP contribution in [0.5, 0.6) is 0 Å². The van der Waals surface area contributed by atoms with Crippen molar-refractivity contribution in [2.24, 2.45) is 11.7 Å². The van der Waals surface area contributed by atoms with E-state index >= 15 is 0 Å². The molecule has 0 radical (unpaired) electrons. The number of aromatic nitrogens is 3. The Bertz CT molecular complexity index is 1550. The van der Waals surface area contributed by atoms with Crippen molar-refractivity contribution in [1.82, 2.24) is 19.3 Å². The lowest BCUT2D eigenvalue weighted by molar-refractivity contribution is 0.0792. The molecular weight excluding hydrogens is 488 g/mol. The van der Waals surface area contributed by atoms with Crippen LogP contribution in [0, 0.1) is 5.92 Å². The van der Waals surface area contributed by atoms with E-state index in [-0.39, 0.29) is 11.8 Å². The van der Waals surface area contributed by atoms with Crippen molar-refractivity contribution in [3.8, 4) is 22.5 Å². The van der Waals surface area contributed by atoms with Gasteiger partial charge in [0.25, 0.3) is 5.91 Å². The number of primary amides is 1. The predicted molar refractivity (Wildman–Crippen MR) is 153 cm³/mol.